The summed E-state index contributed by atoms with van der Waals surface area (Å²) in [5.41, 5.74) is 1.03. The van der Waals surface area contributed by atoms with Crippen LogP contribution in [0.3, 0.4) is 0 Å². The maximum absolute atomic E-state index is 5.80. The van der Waals surface area contributed by atoms with Crippen LogP contribution in [0.2, 0.25) is 0 Å². The highest BCUT2D eigenvalue weighted by atomic mass is 32.1. The third-order valence-electron chi connectivity index (χ3n) is 5.02. The fourth-order valence-corrected chi connectivity index (χ4v) is 3.74. The first kappa shape index (κ1) is 18.7. The lowest BCUT2D eigenvalue weighted by Crippen LogP contribution is -2.52. The zero-order valence-electron chi connectivity index (χ0n) is 15.1. The van der Waals surface area contributed by atoms with Gasteiger partial charge in [-0.2, -0.15) is 0 Å². The zero-order chi connectivity index (χ0) is 17.5. The van der Waals surface area contributed by atoms with Crippen LogP contribution in [0.15, 0.2) is 24.4 Å². The van der Waals surface area contributed by atoms with Crippen molar-refractivity contribution >= 4 is 17.2 Å². The number of pyridine rings is 1. The van der Waals surface area contributed by atoms with Crippen LogP contribution in [-0.4, -0.2) is 90.4 Å². The van der Waals surface area contributed by atoms with Crippen LogP contribution in [0, 0.1) is 0 Å². The maximum Gasteiger partial charge on any atom is 0.103 e. The largest absolute Gasteiger partial charge is 0.379 e. The molecule has 3 rings (SSSR count). The highest BCUT2D eigenvalue weighted by molar-refractivity contribution is 7.80. The van der Waals surface area contributed by atoms with E-state index in [1.54, 1.807) is 0 Å². The Morgan fingerprint density at radius 1 is 1.16 bits per heavy atom. The standard InChI is InChI=1S/C18H29N5OS/c1-2-21-7-9-23(10-8-21)17(16-5-3-4-6-19-16)18(25)20-15-22-11-13-24-14-12-22/h3-6,17H,2,7-15H2,1H3,(H,20,25). The number of thiocarbonyl (C=S) groups is 1. The summed E-state index contributed by atoms with van der Waals surface area (Å²) in [7, 11) is 0. The molecule has 3 heterocycles. The Morgan fingerprint density at radius 2 is 1.92 bits per heavy atom. The summed E-state index contributed by atoms with van der Waals surface area (Å²) in [5.74, 6) is 0. The molecule has 1 aromatic heterocycles. The topological polar surface area (TPSA) is 43.9 Å². The average Bonchev–Trinajstić information content (AvgIpc) is 2.69. The van der Waals surface area contributed by atoms with Crippen molar-refractivity contribution in [2.75, 3.05) is 65.7 Å². The SMILES string of the molecule is CCN1CCN(C(C(=S)NCN2CCOCC2)c2ccccn2)CC1. The minimum Gasteiger partial charge on any atom is -0.379 e. The molecule has 0 spiro atoms. The van der Waals surface area contributed by atoms with Crippen LogP contribution in [0.25, 0.3) is 0 Å². The Balaban J connectivity index is 1.64. The molecule has 0 aliphatic carbocycles. The van der Waals surface area contributed by atoms with Gasteiger partial charge in [-0.3, -0.25) is 14.8 Å². The predicted molar refractivity (Wildman–Crippen MR) is 104 cm³/mol. The normalized spacial score (nSPS) is 21.8. The molecule has 2 fully saturated rings. The van der Waals surface area contributed by atoms with Gasteiger partial charge in [-0.05, 0) is 18.7 Å². The van der Waals surface area contributed by atoms with Gasteiger partial charge in [0.25, 0.3) is 0 Å². The minimum atomic E-state index is 0.0521. The van der Waals surface area contributed by atoms with Crippen LogP contribution in [0.4, 0.5) is 0 Å². The number of nitrogens with zero attached hydrogens (tertiary/aromatic N) is 4. The van der Waals surface area contributed by atoms with Crippen molar-refractivity contribution in [1.82, 2.24) is 25.0 Å². The lowest BCUT2D eigenvalue weighted by molar-refractivity contribution is 0.0363. The van der Waals surface area contributed by atoms with E-state index in [0.717, 1.165) is 76.4 Å². The van der Waals surface area contributed by atoms with E-state index in [9.17, 15) is 0 Å². The molecule has 2 saturated heterocycles. The smallest absolute Gasteiger partial charge is 0.103 e. The van der Waals surface area contributed by atoms with Gasteiger partial charge in [-0.25, -0.2) is 0 Å². The minimum absolute atomic E-state index is 0.0521. The van der Waals surface area contributed by atoms with Crippen LogP contribution in [0.1, 0.15) is 18.7 Å². The van der Waals surface area contributed by atoms with Crippen molar-refractivity contribution in [3.05, 3.63) is 30.1 Å². The Morgan fingerprint density at radius 3 is 2.56 bits per heavy atom. The Kier molecular flexibility index (Phi) is 7.12. The van der Waals surface area contributed by atoms with Crippen molar-refractivity contribution < 1.29 is 4.74 Å². The van der Waals surface area contributed by atoms with Crippen molar-refractivity contribution in [3.8, 4) is 0 Å². The van der Waals surface area contributed by atoms with Crippen LogP contribution < -0.4 is 5.32 Å². The molecule has 0 radical (unpaired) electrons. The number of likely N-dealkylation sites (N-methyl/N-ethyl adjacent to an activating group) is 1. The monoisotopic (exact) mass is 363 g/mol. The summed E-state index contributed by atoms with van der Waals surface area (Å²) in [6, 6.07) is 6.14. The average molecular weight is 364 g/mol. The van der Waals surface area contributed by atoms with E-state index in [-0.39, 0.29) is 6.04 Å². The van der Waals surface area contributed by atoms with Crippen LogP contribution in [-0.2, 0) is 4.74 Å². The molecule has 2 aliphatic heterocycles. The molecule has 138 valence electrons. The first-order chi connectivity index (χ1) is 12.3. The second-order valence-electron chi connectivity index (χ2n) is 6.56. The van der Waals surface area contributed by atoms with Crippen molar-refractivity contribution in [2.45, 2.75) is 13.0 Å². The molecule has 6 nitrogen and oxygen atoms in total. The molecule has 1 unspecified atom stereocenters. The van der Waals surface area contributed by atoms with Gasteiger partial charge in [-0.15, -0.1) is 0 Å². The van der Waals surface area contributed by atoms with E-state index in [0.29, 0.717) is 0 Å². The van der Waals surface area contributed by atoms with Crippen LogP contribution >= 0.6 is 12.2 Å². The Labute approximate surface area is 156 Å². The van der Waals surface area contributed by atoms with Gasteiger partial charge in [0.1, 0.15) is 6.04 Å². The van der Waals surface area contributed by atoms with E-state index < -0.39 is 0 Å². The van der Waals surface area contributed by atoms with E-state index in [2.05, 4.69) is 38.0 Å². The van der Waals surface area contributed by atoms with Gasteiger partial charge < -0.3 is 15.0 Å². The van der Waals surface area contributed by atoms with E-state index in [1.807, 2.05) is 18.3 Å². The molecule has 0 aromatic carbocycles. The van der Waals surface area contributed by atoms with Gasteiger partial charge in [0.15, 0.2) is 0 Å². The molecule has 1 atom stereocenters. The van der Waals surface area contributed by atoms with Gasteiger partial charge in [0, 0.05) is 45.5 Å². The molecule has 0 amide bonds. The van der Waals surface area contributed by atoms with Crippen molar-refractivity contribution in [1.29, 1.82) is 0 Å². The molecule has 7 heteroatoms. The number of hydrogen-bond donors (Lipinski definition) is 1. The third kappa shape index (κ3) is 5.18. The fraction of sp³-hybridized carbons (Fsp3) is 0.667. The molecule has 25 heavy (non-hydrogen) atoms. The zero-order valence-corrected chi connectivity index (χ0v) is 15.9. The molecule has 0 bridgehead atoms. The molecule has 2 aliphatic rings. The Hall–Kier alpha value is -1.12. The number of rotatable bonds is 6. The number of aromatic nitrogens is 1. The van der Waals surface area contributed by atoms with Gasteiger partial charge in [-0.1, -0.05) is 25.2 Å². The van der Waals surface area contributed by atoms with Crippen LogP contribution in [0.5, 0.6) is 0 Å². The lowest BCUT2D eigenvalue weighted by atomic mass is 10.1. The predicted octanol–water partition coefficient (Wildman–Crippen LogP) is 0.967. The van der Waals surface area contributed by atoms with Crippen molar-refractivity contribution in [3.63, 3.8) is 0 Å². The molecule has 0 saturated carbocycles. The fourth-order valence-electron chi connectivity index (χ4n) is 3.41. The summed E-state index contributed by atoms with van der Waals surface area (Å²) < 4.78 is 5.41. The first-order valence-corrected chi connectivity index (χ1v) is 9.64. The molecule has 1 aromatic rings. The summed E-state index contributed by atoms with van der Waals surface area (Å²) in [4.78, 5) is 12.8. The highest BCUT2D eigenvalue weighted by Crippen LogP contribution is 2.21. The van der Waals surface area contributed by atoms with Gasteiger partial charge >= 0.3 is 0 Å². The molecule has 1 N–H and O–H groups in total. The quantitative estimate of drug-likeness (QED) is 0.756. The second-order valence-corrected chi connectivity index (χ2v) is 7.00. The summed E-state index contributed by atoms with van der Waals surface area (Å²) in [5, 5.41) is 3.48. The number of hydrogen-bond acceptors (Lipinski definition) is 6. The number of piperazine rings is 1. The van der Waals surface area contributed by atoms with Gasteiger partial charge in [0.2, 0.25) is 0 Å². The first-order valence-electron chi connectivity index (χ1n) is 9.23. The number of morpholine rings is 1. The third-order valence-corrected chi connectivity index (χ3v) is 5.38. The summed E-state index contributed by atoms with van der Waals surface area (Å²) >= 11 is 5.80. The summed E-state index contributed by atoms with van der Waals surface area (Å²) in [6.45, 7) is 11.9. The molecular formula is C18H29N5OS. The van der Waals surface area contributed by atoms with E-state index >= 15 is 0 Å². The highest BCUT2D eigenvalue weighted by Gasteiger charge is 2.29. The van der Waals surface area contributed by atoms with Crippen molar-refractivity contribution in [2.24, 2.45) is 0 Å². The lowest BCUT2D eigenvalue weighted by Gasteiger charge is -2.39. The molecular weight excluding hydrogens is 334 g/mol. The number of ether oxygens (including phenoxy) is 1. The maximum atomic E-state index is 5.80. The van der Waals surface area contributed by atoms with E-state index in [1.165, 1.54) is 0 Å². The number of nitrogens with one attached hydrogen (secondary N) is 1. The van der Waals surface area contributed by atoms with E-state index in [4.69, 9.17) is 17.0 Å². The Bertz CT molecular complexity index is 530. The van der Waals surface area contributed by atoms with Gasteiger partial charge in [0.05, 0.1) is 30.6 Å². The second kappa shape index (κ2) is 9.54. The summed E-state index contributed by atoms with van der Waals surface area (Å²) in [6.07, 6.45) is 1.86.